The molecule has 6 nitrogen and oxygen atoms in total. The van der Waals surface area contributed by atoms with Gasteiger partial charge in [0.05, 0.1) is 0 Å². The van der Waals surface area contributed by atoms with Crippen molar-refractivity contribution >= 4 is 34.2 Å². The summed E-state index contributed by atoms with van der Waals surface area (Å²) in [6, 6.07) is 0. The second-order valence-corrected chi connectivity index (χ2v) is 5.77. The summed E-state index contributed by atoms with van der Waals surface area (Å²) >= 11 is 6.86. The van der Waals surface area contributed by atoms with Crippen LogP contribution in [0, 0.1) is 0 Å². The number of aliphatic hydroxyl groups is 1. The number of carbonyl (C=O) groups is 1. The lowest BCUT2D eigenvalue weighted by Gasteiger charge is -2.20. The van der Waals surface area contributed by atoms with Gasteiger partial charge >= 0.3 is 0 Å². The van der Waals surface area contributed by atoms with Gasteiger partial charge in [-0.05, 0) is 20.8 Å². The van der Waals surface area contributed by atoms with Crippen molar-refractivity contribution in [3.05, 3.63) is 16.4 Å². The van der Waals surface area contributed by atoms with E-state index >= 15 is 0 Å². The molecule has 0 radical (unpaired) electrons. The highest BCUT2D eigenvalue weighted by molar-refractivity contribution is 7.10. The summed E-state index contributed by atoms with van der Waals surface area (Å²) in [6.07, 6.45) is -1.09. The average molecular weight is 304 g/mol. The molecule has 1 aliphatic heterocycles. The van der Waals surface area contributed by atoms with Crippen LogP contribution >= 0.6 is 23.1 Å². The van der Waals surface area contributed by atoms with E-state index in [2.05, 4.69) is 9.36 Å². The molecule has 1 aliphatic rings. The van der Waals surface area contributed by atoms with Crippen LogP contribution in [0.3, 0.4) is 0 Å². The second kappa shape index (κ2) is 4.82. The van der Waals surface area contributed by atoms with Crippen LogP contribution in [-0.4, -0.2) is 33.7 Å². The maximum absolute atomic E-state index is 11.9. The molecule has 1 N–H and O–H groups in total. The van der Waals surface area contributed by atoms with Crippen molar-refractivity contribution in [3.8, 4) is 0 Å². The van der Waals surface area contributed by atoms with E-state index in [-0.39, 0.29) is 5.03 Å². The van der Waals surface area contributed by atoms with Crippen LogP contribution in [0.1, 0.15) is 26.6 Å². The zero-order valence-electron chi connectivity index (χ0n) is 11.0. The van der Waals surface area contributed by atoms with E-state index < -0.39 is 17.7 Å². The molecule has 104 valence electrons. The summed E-state index contributed by atoms with van der Waals surface area (Å²) in [7, 11) is 1.55. The van der Waals surface area contributed by atoms with Gasteiger partial charge in [-0.15, -0.1) is 0 Å². The third kappa shape index (κ3) is 2.27. The van der Waals surface area contributed by atoms with Crippen LogP contribution in [0.15, 0.2) is 10.6 Å². The molecule has 2 rings (SSSR count). The quantitative estimate of drug-likeness (QED) is 0.918. The zero-order valence-corrected chi connectivity index (χ0v) is 12.5. The molecule has 0 saturated heterocycles. The maximum atomic E-state index is 11.9. The molecule has 8 heteroatoms. The van der Waals surface area contributed by atoms with Crippen LogP contribution in [0.5, 0.6) is 0 Å². The first kappa shape index (κ1) is 14.4. The highest BCUT2D eigenvalue weighted by atomic mass is 35.5. The van der Waals surface area contributed by atoms with Crippen molar-refractivity contribution in [2.75, 3.05) is 12.0 Å². The Balaban J connectivity index is 2.33. The van der Waals surface area contributed by atoms with E-state index in [1.165, 1.54) is 0 Å². The number of hydrogen-bond acceptors (Lipinski definition) is 6. The molecule has 1 aromatic rings. The first-order chi connectivity index (χ1) is 8.79. The van der Waals surface area contributed by atoms with Gasteiger partial charge in [-0.25, -0.2) is 0 Å². The van der Waals surface area contributed by atoms with Crippen molar-refractivity contribution < 1.29 is 14.6 Å². The summed E-state index contributed by atoms with van der Waals surface area (Å²) < 4.78 is 9.44. The predicted molar refractivity (Wildman–Crippen MR) is 72.0 cm³/mol. The second-order valence-electron chi connectivity index (χ2n) is 4.66. The average Bonchev–Trinajstić information content (AvgIpc) is 2.92. The van der Waals surface area contributed by atoms with E-state index in [0.29, 0.717) is 16.5 Å². The van der Waals surface area contributed by atoms with Crippen molar-refractivity contribution in [1.29, 1.82) is 0 Å². The Morgan fingerprint density at radius 2 is 2.16 bits per heavy atom. The zero-order chi connectivity index (χ0) is 14.4. The molecule has 19 heavy (non-hydrogen) atoms. The number of aromatic nitrogens is 2. The van der Waals surface area contributed by atoms with Crippen molar-refractivity contribution in [2.45, 2.75) is 32.6 Å². The Hall–Kier alpha value is -1.02. The molecular weight excluding hydrogens is 290 g/mol. The van der Waals surface area contributed by atoms with Crippen LogP contribution in [0.25, 0.3) is 0 Å². The van der Waals surface area contributed by atoms with E-state index in [4.69, 9.17) is 16.3 Å². The van der Waals surface area contributed by atoms with E-state index in [1.54, 1.807) is 14.0 Å². The first-order valence-electron chi connectivity index (χ1n) is 5.57. The lowest BCUT2D eigenvalue weighted by atomic mass is 10.1. The van der Waals surface area contributed by atoms with Crippen LogP contribution in [-0.2, 0) is 15.1 Å². The fourth-order valence-corrected chi connectivity index (χ4v) is 2.55. The minimum atomic E-state index is -1.09. The van der Waals surface area contributed by atoms with Crippen molar-refractivity contribution in [3.63, 3.8) is 0 Å². The Labute approximate surface area is 119 Å². The maximum Gasteiger partial charge on any atom is 0.274 e. The summed E-state index contributed by atoms with van der Waals surface area (Å²) in [6.45, 7) is 5.24. The fourth-order valence-electron chi connectivity index (χ4n) is 1.53. The number of rotatable bonds is 3. The van der Waals surface area contributed by atoms with Crippen molar-refractivity contribution in [1.82, 2.24) is 9.36 Å². The molecule has 1 atom stereocenters. The summed E-state index contributed by atoms with van der Waals surface area (Å²) in [5, 5.41) is 10.3. The summed E-state index contributed by atoms with van der Waals surface area (Å²) in [4.78, 5) is 17.3. The van der Waals surface area contributed by atoms with Crippen molar-refractivity contribution in [2.24, 2.45) is 0 Å². The topological polar surface area (TPSA) is 75.5 Å². The number of methoxy groups -OCH3 is 1. The molecular formula is C11H14ClN3O3S. The third-order valence-electron chi connectivity index (χ3n) is 3.05. The number of nitrogens with zero attached hydrogens (tertiary/aromatic N) is 3. The fraction of sp³-hybridized carbons (Fsp3) is 0.545. The number of halogens is 1. The van der Waals surface area contributed by atoms with Gasteiger partial charge in [0.1, 0.15) is 10.6 Å². The van der Waals surface area contributed by atoms with Gasteiger partial charge in [0.15, 0.2) is 12.1 Å². The van der Waals surface area contributed by atoms with Gasteiger partial charge in [-0.1, -0.05) is 11.6 Å². The van der Waals surface area contributed by atoms with Crippen LogP contribution in [0.4, 0.5) is 5.13 Å². The number of aliphatic hydroxyl groups excluding tert-OH is 1. The molecule has 0 spiro atoms. The Morgan fingerprint density at radius 3 is 2.63 bits per heavy atom. The number of ether oxygens (including phenoxy) is 1. The molecule has 0 aliphatic carbocycles. The van der Waals surface area contributed by atoms with Gasteiger partial charge in [-0.3, -0.25) is 9.69 Å². The molecule has 0 fully saturated rings. The van der Waals surface area contributed by atoms with Crippen LogP contribution < -0.4 is 4.90 Å². The molecule has 0 bridgehead atoms. The Kier molecular flexibility index (Phi) is 3.65. The van der Waals surface area contributed by atoms with Gasteiger partial charge in [0.2, 0.25) is 5.13 Å². The number of carbonyl (C=O) groups excluding carboxylic acids is 1. The highest BCUT2D eigenvalue weighted by Crippen LogP contribution is 2.34. The van der Waals surface area contributed by atoms with Crippen LogP contribution in [0.2, 0.25) is 0 Å². The smallest absolute Gasteiger partial charge is 0.274 e. The summed E-state index contributed by atoms with van der Waals surface area (Å²) in [5.74, 6) is -0.0136. The predicted octanol–water partition coefficient (Wildman–Crippen LogP) is 1.60. The number of hydrogen-bond donors (Lipinski definition) is 1. The normalized spacial score (nSPS) is 20.6. The van der Waals surface area contributed by atoms with Gasteiger partial charge in [0, 0.05) is 24.2 Å². The molecule has 2 heterocycles. The molecule has 0 aromatic carbocycles. The monoisotopic (exact) mass is 303 g/mol. The minimum absolute atomic E-state index is 0.0234. The Morgan fingerprint density at radius 1 is 1.53 bits per heavy atom. The number of anilines is 1. The molecule has 0 saturated carbocycles. The van der Waals surface area contributed by atoms with E-state index in [0.717, 1.165) is 16.4 Å². The molecule has 1 aromatic heterocycles. The first-order valence-corrected chi connectivity index (χ1v) is 6.72. The molecule has 1 amide bonds. The lowest BCUT2D eigenvalue weighted by molar-refractivity contribution is -0.115. The lowest BCUT2D eigenvalue weighted by Crippen LogP contribution is -2.35. The highest BCUT2D eigenvalue weighted by Gasteiger charge is 2.39. The minimum Gasteiger partial charge on any atom is -0.371 e. The van der Waals surface area contributed by atoms with Gasteiger partial charge in [-0.2, -0.15) is 9.36 Å². The summed E-state index contributed by atoms with van der Waals surface area (Å²) in [5.41, 5.74) is -0.246. The SMILES string of the molecule is COC(C)(C)c1nsc(N2C(=O)C(Cl)=C(C)C2O)n1. The largest absolute Gasteiger partial charge is 0.371 e. The number of amides is 1. The Bertz CT molecular complexity index is 555. The molecule has 1 unspecified atom stereocenters. The van der Waals surface area contributed by atoms with Gasteiger partial charge < -0.3 is 9.84 Å². The van der Waals surface area contributed by atoms with E-state index in [1.807, 2.05) is 13.8 Å². The van der Waals surface area contributed by atoms with Gasteiger partial charge in [0.25, 0.3) is 5.91 Å². The van der Waals surface area contributed by atoms with E-state index in [9.17, 15) is 9.90 Å². The standard InChI is InChI=1S/C11H14ClN3O3S/c1-5-6(12)8(17)15(7(5)16)10-13-9(14-19-10)11(2,3)18-4/h7,16H,1-4H3. The third-order valence-corrected chi connectivity index (χ3v) is 4.23.